The van der Waals surface area contributed by atoms with Gasteiger partial charge in [-0.15, -0.1) is 0 Å². The van der Waals surface area contributed by atoms with E-state index in [2.05, 4.69) is 10.4 Å². The third-order valence-corrected chi connectivity index (χ3v) is 4.66. The predicted octanol–water partition coefficient (Wildman–Crippen LogP) is 1.68. The molecular weight excluding hydrogens is 382 g/mol. The first-order valence-electron chi connectivity index (χ1n) is 9.20. The van der Waals surface area contributed by atoms with Gasteiger partial charge in [-0.05, 0) is 29.3 Å². The molecule has 1 N–H and O–H groups in total. The van der Waals surface area contributed by atoms with Gasteiger partial charge < -0.3 is 15.2 Å². The van der Waals surface area contributed by atoms with Crippen LogP contribution in [-0.2, 0) is 6.54 Å². The van der Waals surface area contributed by atoms with Crippen molar-refractivity contribution >= 4 is 22.6 Å². The van der Waals surface area contributed by atoms with Crippen molar-refractivity contribution in [3.05, 3.63) is 106 Å². The first kappa shape index (κ1) is 19.1. The summed E-state index contributed by atoms with van der Waals surface area (Å²) in [5.41, 5.74) is 1.15. The maximum absolute atomic E-state index is 12.9. The van der Waals surface area contributed by atoms with Gasteiger partial charge in [-0.25, -0.2) is 0 Å². The minimum Gasteiger partial charge on any atom is -0.545 e. The number of hydrogen-bond acceptors (Lipinski definition) is 5. The summed E-state index contributed by atoms with van der Waals surface area (Å²) in [4.78, 5) is 36.6. The van der Waals surface area contributed by atoms with Gasteiger partial charge in [0.05, 0.1) is 17.0 Å². The number of carbonyl (C=O) groups is 2. The lowest BCUT2D eigenvalue weighted by Crippen LogP contribution is -2.29. The Hall–Kier alpha value is -4.26. The summed E-state index contributed by atoms with van der Waals surface area (Å²) < 4.78 is 1.21. The summed E-state index contributed by atoms with van der Waals surface area (Å²) >= 11 is 0. The van der Waals surface area contributed by atoms with E-state index in [4.69, 9.17) is 0 Å². The second-order valence-corrected chi connectivity index (χ2v) is 6.61. The van der Waals surface area contributed by atoms with Gasteiger partial charge in [0.2, 0.25) is 0 Å². The molecule has 0 bridgehead atoms. The van der Waals surface area contributed by atoms with Gasteiger partial charge in [-0.2, -0.15) is 9.78 Å². The molecule has 0 spiro atoms. The number of aromatic carboxylic acids is 1. The minimum absolute atomic E-state index is 0.0627. The van der Waals surface area contributed by atoms with E-state index in [1.54, 1.807) is 60.7 Å². The molecular formula is C23H16N3O4-. The Bertz CT molecular complexity index is 1300. The zero-order valence-electron chi connectivity index (χ0n) is 15.7. The van der Waals surface area contributed by atoms with E-state index in [0.717, 1.165) is 0 Å². The monoisotopic (exact) mass is 398 g/mol. The number of carboxylic acids is 1. The maximum atomic E-state index is 12.9. The number of amides is 1. The molecule has 4 aromatic rings. The Morgan fingerprint density at radius 3 is 2.17 bits per heavy atom. The summed E-state index contributed by atoms with van der Waals surface area (Å²) in [6, 6.07) is 21.7. The molecule has 1 heterocycles. The number of carboxylic acid groups (broad SMARTS) is 1. The molecule has 0 aliphatic rings. The SMILES string of the molecule is O=C([O-])c1ccc(CNC(=O)c2nn(-c3ccccc3)c(=O)c3ccccc23)cc1. The number of para-hydroxylation sites is 1. The quantitative estimate of drug-likeness (QED) is 0.551. The van der Waals surface area contributed by atoms with Crippen LogP contribution in [0.15, 0.2) is 83.7 Å². The van der Waals surface area contributed by atoms with Crippen LogP contribution in [0.4, 0.5) is 0 Å². The predicted molar refractivity (Wildman–Crippen MR) is 109 cm³/mol. The molecule has 0 saturated carbocycles. The second kappa shape index (κ2) is 8.00. The number of nitrogens with zero attached hydrogens (tertiary/aromatic N) is 2. The van der Waals surface area contributed by atoms with E-state index < -0.39 is 11.9 Å². The molecule has 148 valence electrons. The molecule has 7 nitrogen and oxygen atoms in total. The highest BCUT2D eigenvalue weighted by Crippen LogP contribution is 2.15. The molecule has 0 atom stereocenters. The van der Waals surface area contributed by atoms with Gasteiger partial charge in [0, 0.05) is 11.9 Å². The van der Waals surface area contributed by atoms with Gasteiger partial charge in [0.15, 0.2) is 5.69 Å². The largest absolute Gasteiger partial charge is 0.545 e. The van der Waals surface area contributed by atoms with Crippen molar-refractivity contribution in [3.8, 4) is 5.69 Å². The first-order chi connectivity index (χ1) is 14.5. The molecule has 0 radical (unpaired) electrons. The Balaban J connectivity index is 1.69. The van der Waals surface area contributed by atoms with Crippen LogP contribution in [0.25, 0.3) is 16.5 Å². The van der Waals surface area contributed by atoms with Crippen LogP contribution in [0.3, 0.4) is 0 Å². The van der Waals surface area contributed by atoms with Crippen molar-refractivity contribution in [2.24, 2.45) is 0 Å². The molecule has 1 amide bonds. The lowest BCUT2D eigenvalue weighted by molar-refractivity contribution is -0.255. The molecule has 7 heteroatoms. The minimum atomic E-state index is -1.26. The van der Waals surface area contributed by atoms with Crippen molar-refractivity contribution < 1.29 is 14.7 Å². The summed E-state index contributed by atoms with van der Waals surface area (Å²) in [6.07, 6.45) is 0. The fourth-order valence-electron chi connectivity index (χ4n) is 3.13. The maximum Gasteiger partial charge on any atom is 0.279 e. The van der Waals surface area contributed by atoms with Crippen LogP contribution in [0, 0.1) is 0 Å². The van der Waals surface area contributed by atoms with Crippen molar-refractivity contribution in [1.29, 1.82) is 0 Å². The molecule has 1 aromatic heterocycles. The highest BCUT2D eigenvalue weighted by atomic mass is 16.4. The molecule has 30 heavy (non-hydrogen) atoms. The van der Waals surface area contributed by atoms with Gasteiger partial charge >= 0.3 is 0 Å². The van der Waals surface area contributed by atoms with E-state index in [1.807, 2.05) is 6.07 Å². The van der Waals surface area contributed by atoms with Gasteiger partial charge in [0.25, 0.3) is 11.5 Å². The molecule has 0 fully saturated rings. The number of aromatic nitrogens is 2. The third-order valence-electron chi connectivity index (χ3n) is 4.66. The van der Waals surface area contributed by atoms with Gasteiger partial charge in [0.1, 0.15) is 0 Å². The van der Waals surface area contributed by atoms with E-state index in [9.17, 15) is 19.5 Å². The topological polar surface area (TPSA) is 104 Å². The number of benzene rings is 3. The standard InChI is InChI=1S/C23H17N3O4/c27-21(24-14-15-10-12-16(13-11-15)23(29)30)20-18-8-4-5-9-19(18)22(28)26(25-20)17-6-2-1-3-7-17/h1-13H,14H2,(H,24,27)(H,29,30)/p-1. The number of hydrogen-bond donors (Lipinski definition) is 1. The number of rotatable bonds is 5. The summed E-state index contributed by atoms with van der Waals surface area (Å²) in [5, 5.41) is 18.8. The van der Waals surface area contributed by atoms with Crippen LogP contribution in [-0.4, -0.2) is 21.7 Å². The average molecular weight is 398 g/mol. The van der Waals surface area contributed by atoms with Crippen molar-refractivity contribution in [1.82, 2.24) is 15.1 Å². The normalized spacial score (nSPS) is 10.7. The van der Waals surface area contributed by atoms with E-state index in [-0.39, 0.29) is 23.4 Å². The van der Waals surface area contributed by atoms with E-state index in [1.165, 1.54) is 16.8 Å². The van der Waals surface area contributed by atoms with Crippen molar-refractivity contribution in [2.45, 2.75) is 6.54 Å². The van der Waals surface area contributed by atoms with E-state index >= 15 is 0 Å². The fraction of sp³-hybridized carbons (Fsp3) is 0.0435. The van der Waals surface area contributed by atoms with Crippen LogP contribution >= 0.6 is 0 Å². The molecule has 3 aromatic carbocycles. The molecule has 4 rings (SSSR count). The fourth-order valence-corrected chi connectivity index (χ4v) is 3.13. The van der Waals surface area contributed by atoms with Crippen molar-refractivity contribution in [2.75, 3.05) is 0 Å². The summed E-state index contributed by atoms with van der Waals surface area (Å²) in [6.45, 7) is 0.173. The molecule has 0 unspecified atom stereocenters. The van der Waals surface area contributed by atoms with Crippen LogP contribution in [0.5, 0.6) is 0 Å². The molecule has 0 aliphatic heterocycles. The van der Waals surface area contributed by atoms with Gasteiger partial charge in [-0.1, -0.05) is 60.7 Å². The van der Waals surface area contributed by atoms with Gasteiger partial charge in [-0.3, -0.25) is 9.59 Å². The number of carbonyl (C=O) groups excluding carboxylic acids is 2. The Morgan fingerprint density at radius 2 is 1.50 bits per heavy atom. The number of fused-ring (bicyclic) bond motifs is 1. The number of nitrogens with one attached hydrogen (secondary N) is 1. The Kier molecular flexibility index (Phi) is 5.09. The average Bonchev–Trinajstić information content (AvgIpc) is 2.79. The third kappa shape index (κ3) is 3.68. The van der Waals surface area contributed by atoms with Crippen LogP contribution in [0.1, 0.15) is 26.4 Å². The second-order valence-electron chi connectivity index (χ2n) is 6.61. The van der Waals surface area contributed by atoms with Crippen LogP contribution in [0.2, 0.25) is 0 Å². The highest BCUT2D eigenvalue weighted by molar-refractivity contribution is 6.04. The highest BCUT2D eigenvalue weighted by Gasteiger charge is 2.17. The molecule has 0 aliphatic carbocycles. The lowest BCUT2D eigenvalue weighted by atomic mass is 10.1. The van der Waals surface area contributed by atoms with E-state index in [0.29, 0.717) is 22.0 Å². The molecule has 0 saturated heterocycles. The summed E-state index contributed by atoms with van der Waals surface area (Å²) in [5.74, 6) is -1.70. The summed E-state index contributed by atoms with van der Waals surface area (Å²) in [7, 11) is 0. The Morgan fingerprint density at radius 1 is 0.867 bits per heavy atom. The lowest BCUT2D eigenvalue weighted by Gasteiger charge is -2.11. The van der Waals surface area contributed by atoms with Crippen LogP contribution < -0.4 is 16.0 Å². The smallest absolute Gasteiger partial charge is 0.279 e. The first-order valence-corrected chi connectivity index (χ1v) is 9.20. The van der Waals surface area contributed by atoms with Crippen molar-refractivity contribution in [3.63, 3.8) is 0 Å². The zero-order valence-corrected chi connectivity index (χ0v) is 15.7. The zero-order chi connectivity index (χ0) is 21.1. The Labute approximate surface area is 171 Å².